The average molecular weight is 196 g/mol. The summed E-state index contributed by atoms with van der Waals surface area (Å²) in [6.07, 6.45) is 0. The summed E-state index contributed by atoms with van der Waals surface area (Å²) >= 11 is 3.21. The lowest BCUT2D eigenvalue weighted by Gasteiger charge is -1.90. The Bertz CT molecular complexity index is 376. The highest BCUT2D eigenvalue weighted by atomic mass is 32.1. The Balaban J connectivity index is 2.54. The lowest BCUT2D eigenvalue weighted by Crippen LogP contribution is -1.81. The van der Waals surface area contributed by atoms with Gasteiger partial charge in [-0.05, 0) is 18.4 Å². The van der Waals surface area contributed by atoms with Crippen molar-refractivity contribution in [2.75, 3.05) is 5.73 Å². The molecule has 2 aromatic rings. The second-order valence-corrected chi connectivity index (χ2v) is 4.48. The smallest absolute Gasteiger partial charge is 0.180 e. The molecule has 0 aliphatic heterocycles. The number of aryl methyl sites for hydroxylation is 1. The summed E-state index contributed by atoms with van der Waals surface area (Å²) in [5, 5.41) is 4.78. The molecule has 2 N–H and O–H groups in total. The van der Waals surface area contributed by atoms with Crippen LogP contribution in [0.2, 0.25) is 0 Å². The molecule has 62 valence electrons. The summed E-state index contributed by atoms with van der Waals surface area (Å²) in [6.45, 7) is 2.04. The van der Waals surface area contributed by atoms with Crippen LogP contribution in [0.3, 0.4) is 0 Å². The lowest BCUT2D eigenvalue weighted by molar-refractivity contribution is 1.39. The largest absolute Gasteiger partial charge is 0.375 e. The zero-order chi connectivity index (χ0) is 8.55. The molecule has 0 radical (unpaired) electrons. The van der Waals surface area contributed by atoms with E-state index >= 15 is 0 Å². The lowest BCUT2D eigenvalue weighted by atomic mass is 10.2. The molecule has 2 aromatic heterocycles. The Kier molecular flexibility index (Phi) is 1.86. The van der Waals surface area contributed by atoms with Gasteiger partial charge in [0.25, 0.3) is 0 Å². The zero-order valence-corrected chi connectivity index (χ0v) is 8.21. The Morgan fingerprint density at radius 1 is 1.50 bits per heavy atom. The second kappa shape index (κ2) is 2.88. The van der Waals surface area contributed by atoms with Crippen LogP contribution in [0.4, 0.5) is 5.13 Å². The van der Waals surface area contributed by atoms with Gasteiger partial charge in [-0.25, -0.2) is 4.98 Å². The quantitative estimate of drug-likeness (QED) is 0.761. The number of thiazole rings is 1. The minimum atomic E-state index is 0.647. The Morgan fingerprint density at radius 2 is 2.33 bits per heavy atom. The number of hydrogen-bond donors (Lipinski definition) is 1. The molecule has 0 saturated heterocycles. The molecule has 0 fully saturated rings. The minimum absolute atomic E-state index is 0.647. The van der Waals surface area contributed by atoms with Crippen LogP contribution < -0.4 is 5.73 Å². The first-order valence-corrected chi connectivity index (χ1v) is 5.29. The van der Waals surface area contributed by atoms with Crippen LogP contribution >= 0.6 is 22.7 Å². The van der Waals surface area contributed by atoms with Crippen molar-refractivity contribution < 1.29 is 0 Å². The number of nitrogens with two attached hydrogens (primary N) is 1. The molecule has 0 aliphatic carbocycles. The molecule has 0 bridgehead atoms. The normalized spacial score (nSPS) is 10.4. The molecule has 0 aromatic carbocycles. The predicted octanol–water partition coefficient (Wildman–Crippen LogP) is 2.76. The van der Waals surface area contributed by atoms with Gasteiger partial charge in [-0.3, -0.25) is 0 Å². The Hall–Kier alpha value is -0.870. The number of nitrogens with zero attached hydrogens (tertiary/aromatic N) is 1. The topological polar surface area (TPSA) is 38.9 Å². The van der Waals surface area contributed by atoms with E-state index < -0.39 is 0 Å². The first-order chi connectivity index (χ1) is 5.77. The number of thiophene rings is 1. The fourth-order valence-corrected chi connectivity index (χ4v) is 2.44. The van der Waals surface area contributed by atoms with E-state index in [1.807, 2.05) is 12.3 Å². The van der Waals surface area contributed by atoms with E-state index in [0.717, 1.165) is 5.69 Å². The molecule has 0 aliphatic rings. The van der Waals surface area contributed by atoms with Gasteiger partial charge in [-0.15, -0.1) is 11.3 Å². The van der Waals surface area contributed by atoms with Crippen LogP contribution in [-0.4, -0.2) is 4.98 Å². The van der Waals surface area contributed by atoms with Gasteiger partial charge in [0.05, 0.1) is 5.69 Å². The number of rotatable bonds is 1. The van der Waals surface area contributed by atoms with E-state index in [2.05, 4.69) is 16.4 Å². The molecule has 12 heavy (non-hydrogen) atoms. The van der Waals surface area contributed by atoms with Gasteiger partial charge in [0.15, 0.2) is 5.13 Å². The van der Waals surface area contributed by atoms with Crippen LogP contribution in [0.25, 0.3) is 11.3 Å². The van der Waals surface area contributed by atoms with Crippen molar-refractivity contribution in [3.05, 3.63) is 21.7 Å². The summed E-state index contributed by atoms with van der Waals surface area (Å²) in [4.78, 5) is 5.44. The first-order valence-electron chi connectivity index (χ1n) is 3.53. The fourth-order valence-electron chi connectivity index (χ4n) is 1.08. The zero-order valence-electron chi connectivity index (χ0n) is 6.57. The highest BCUT2D eigenvalue weighted by Gasteiger charge is 2.07. The first kappa shape index (κ1) is 7.76. The van der Waals surface area contributed by atoms with Crippen molar-refractivity contribution in [1.82, 2.24) is 4.98 Å². The molecule has 0 unspecified atom stereocenters. The molecule has 2 heterocycles. The molecule has 2 nitrogen and oxygen atoms in total. The minimum Gasteiger partial charge on any atom is -0.375 e. The van der Waals surface area contributed by atoms with Crippen molar-refractivity contribution in [1.29, 1.82) is 0 Å². The van der Waals surface area contributed by atoms with E-state index in [4.69, 9.17) is 5.73 Å². The van der Waals surface area contributed by atoms with Gasteiger partial charge in [-0.2, -0.15) is 11.3 Å². The van der Waals surface area contributed by atoms with E-state index in [0.29, 0.717) is 5.13 Å². The van der Waals surface area contributed by atoms with E-state index in [-0.39, 0.29) is 0 Å². The monoisotopic (exact) mass is 196 g/mol. The second-order valence-electron chi connectivity index (χ2n) is 2.47. The van der Waals surface area contributed by atoms with Crippen molar-refractivity contribution in [2.24, 2.45) is 0 Å². The van der Waals surface area contributed by atoms with Crippen molar-refractivity contribution in [2.45, 2.75) is 6.92 Å². The van der Waals surface area contributed by atoms with E-state index in [1.54, 1.807) is 11.3 Å². The van der Waals surface area contributed by atoms with Crippen molar-refractivity contribution in [3.63, 3.8) is 0 Å². The van der Waals surface area contributed by atoms with Crippen LogP contribution in [-0.2, 0) is 0 Å². The molecule has 0 amide bonds. The summed E-state index contributed by atoms with van der Waals surface area (Å²) in [6, 6.07) is 2.06. The third kappa shape index (κ3) is 1.23. The summed E-state index contributed by atoms with van der Waals surface area (Å²) < 4.78 is 0. The molecule has 0 saturated carbocycles. The molecule has 4 heteroatoms. The van der Waals surface area contributed by atoms with Crippen LogP contribution in [0.15, 0.2) is 16.8 Å². The maximum absolute atomic E-state index is 5.60. The van der Waals surface area contributed by atoms with Gasteiger partial charge in [-0.1, -0.05) is 0 Å². The highest BCUT2D eigenvalue weighted by Crippen LogP contribution is 2.29. The summed E-state index contributed by atoms with van der Waals surface area (Å²) in [5.41, 5.74) is 7.79. The van der Waals surface area contributed by atoms with E-state index in [9.17, 15) is 0 Å². The molecular weight excluding hydrogens is 188 g/mol. The number of hydrogen-bond acceptors (Lipinski definition) is 4. The third-order valence-electron chi connectivity index (χ3n) is 1.61. The van der Waals surface area contributed by atoms with Gasteiger partial charge >= 0.3 is 0 Å². The number of nitrogen functional groups attached to an aromatic ring is 1. The van der Waals surface area contributed by atoms with Gasteiger partial charge in [0.2, 0.25) is 0 Å². The maximum atomic E-state index is 5.60. The predicted molar refractivity (Wildman–Crippen MR) is 54.6 cm³/mol. The van der Waals surface area contributed by atoms with Gasteiger partial charge in [0, 0.05) is 15.8 Å². The highest BCUT2D eigenvalue weighted by molar-refractivity contribution is 7.15. The maximum Gasteiger partial charge on any atom is 0.180 e. The molecular formula is C8H8N2S2. The van der Waals surface area contributed by atoms with Gasteiger partial charge in [0.1, 0.15) is 0 Å². The molecule has 2 rings (SSSR count). The van der Waals surface area contributed by atoms with Crippen LogP contribution in [0.5, 0.6) is 0 Å². The fraction of sp³-hybridized carbons (Fsp3) is 0.125. The van der Waals surface area contributed by atoms with Crippen molar-refractivity contribution in [3.8, 4) is 11.3 Å². The summed E-state index contributed by atoms with van der Waals surface area (Å²) in [7, 11) is 0. The number of anilines is 1. The SMILES string of the molecule is Cc1sc(N)nc1-c1ccsc1. The molecule has 0 atom stereocenters. The number of aromatic nitrogens is 1. The van der Waals surface area contributed by atoms with E-state index in [1.165, 1.54) is 21.8 Å². The van der Waals surface area contributed by atoms with Gasteiger partial charge < -0.3 is 5.73 Å². The Morgan fingerprint density at radius 3 is 2.83 bits per heavy atom. The van der Waals surface area contributed by atoms with Crippen LogP contribution in [0, 0.1) is 6.92 Å². The van der Waals surface area contributed by atoms with Crippen LogP contribution in [0.1, 0.15) is 4.88 Å². The van der Waals surface area contributed by atoms with Crippen molar-refractivity contribution >= 4 is 27.8 Å². The molecule has 0 spiro atoms. The average Bonchev–Trinajstić information content (AvgIpc) is 2.58. The summed E-state index contributed by atoms with van der Waals surface area (Å²) in [5.74, 6) is 0. The standard InChI is InChI=1S/C8H8N2S2/c1-5-7(10-8(9)12-5)6-2-3-11-4-6/h2-4H,1H3,(H2,9,10). The Labute approximate surface area is 78.7 Å². The third-order valence-corrected chi connectivity index (χ3v) is 3.09.